The van der Waals surface area contributed by atoms with E-state index in [1.165, 1.54) is 22.3 Å². The predicted molar refractivity (Wildman–Crippen MR) is 99.8 cm³/mol. The number of nitrogens with zero attached hydrogens (tertiary/aromatic N) is 1. The number of benzene rings is 1. The lowest BCUT2D eigenvalue weighted by Gasteiger charge is -2.29. The molecule has 2 heterocycles. The highest BCUT2D eigenvalue weighted by molar-refractivity contribution is 9.10. The molecule has 0 radical (unpaired) electrons. The van der Waals surface area contributed by atoms with Crippen molar-refractivity contribution in [2.24, 2.45) is 5.92 Å². The summed E-state index contributed by atoms with van der Waals surface area (Å²) < 4.78 is 15.1. The Hall–Kier alpha value is -1.73. The maximum Gasteiger partial charge on any atom is 0.268 e. The highest BCUT2D eigenvalue weighted by Crippen LogP contribution is 2.36. The Morgan fingerprint density at radius 2 is 2.08 bits per heavy atom. The summed E-state index contributed by atoms with van der Waals surface area (Å²) in [5.74, 6) is -0.488. The van der Waals surface area contributed by atoms with Crippen molar-refractivity contribution in [2.45, 2.75) is 25.7 Å². The van der Waals surface area contributed by atoms with Crippen LogP contribution in [-0.2, 0) is 11.2 Å². The number of hydrogen-bond acceptors (Lipinski definition) is 3. The molecule has 0 saturated heterocycles. The minimum absolute atomic E-state index is 0.0139. The van der Waals surface area contributed by atoms with Crippen molar-refractivity contribution in [3.05, 3.63) is 45.0 Å². The average molecular weight is 423 g/mol. The first-order valence-corrected chi connectivity index (χ1v) is 9.84. The van der Waals surface area contributed by atoms with E-state index in [0.717, 1.165) is 31.2 Å². The maximum atomic E-state index is 14.5. The number of nitrogens with one attached hydrogen (secondary N) is 1. The van der Waals surface area contributed by atoms with E-state index in [-0.39, 0.29) is 17.7 Å². The van der Waals surface area contributed by atoms with Crippen LogP contribution in [0, 0.1) is 11.7 Å². The third-order valence-corrected chi connectivity index (χ3v) is 5.91. The number of carbonyl (C=O) groups excluding carboxylic acids is 2. The molecule has 2 aromatic rings. The monoisotopic (exact) mass is 422 g/mol. The summed E-state index contributed by atoms with van der Waals surface area (Å²) in [5.41, 5.74) is 1.21. The van der Waals surface area contributed by atoms with Gasteiger partial charge in [-0.2, -0.15) is 0 Å². The fourth-order valence-corrected chi connectivity index (χ4v) is 4.41. The fraction of sp³-hybridized carbons (Fsp3) is 0.333. The summed E-state index contributed by atoms with van der Waals surface area (Å²) in [6.07, 6.45) is 3.42. The number of halogens is 2. The van der Waals surface area contributed by atoms with Crippen molar-refractivity contribution < 1.29 is 14.0 Å². The van der Waals surface area contributed by atoms with Gasteiger partial charge in [0.2, 0.25) is 5.91 Å². The molecule has 1 N–H and O–H groups in total. The van der Waals surface area contributed by atoms with Crippen LogP contribution in [0.25, 0.3) is 0 Å². The quantitative estimate of drug-likeness (QED) is 0.785. The van der Waals surface area contributed by atoms with Gasteiger partial charge in [0.1, 0.15) is 5.82 Å². The number of hydrogen-bond donors (Lipinski definition) is 1. The molecule has 1 aliphatic carbocycles. The molecule has 4 nitrogen and oxygen atoms in total. The Morgan fingerprint density at radius 1 is 1.28 bits per heavy atom. The molecule has 0 spiro atoms. The van der Waals surface area contributed by atoms with Crippen LogP contribution in [-0.4, -0.2) is 18.4 Å². The minimum Gasteiger partial charge on any atom is -0.317 e. The van der Waals surface area contributed by atoms with E-state index >= 15 is 0 Å². The van der Waals surface area contributed by atoms with E-state index in [2.05, 4.69) is 21.2 Å². The van der Waals surface area contributed by atoms with Crippen molar-refractivity contribution in [2.75, 3.05) is 16.8 Å². The molecule has 4 rings (SSSR count). The first-order chi connectivity index (χ1) is 12.0. The number of rotatable bonds is 3. The predicted octanol–water partition coefficient (Wildman–Crippen LogP) is 4.59. The molecule has 2 amide bonds. The number of thiophene rings is 1. The molecule has 1 fully saturated rings. The van der Waals surface area contributed by atoms with E-state index in [1.807, 2.05) is 6.07 Å². The molecular weight excluding hydrogens is 407 g/mol. The van der Waals surface area contributed by atoms with Crippen LogP contribution in [0.2, 0.25) is 0 Å². The van der Waals surface area contributed by atoms with Gasteiger partial charge >= 0.3 is 0 Å². The van der Waals surface area contributed by atoms with Crippen LogP contribution in [0.4, 0.5) is 15.1 Å². The van der Waals surface area contributed by atoms with Gasteiger partial charge in [-0.05, 0) is 55.5 Å². The Bertz CT molecular complexity index is 863. The van der Waals surface area contributed by atoms with E-state index in [4.69, 9.17) is 0 Å². The largest absolute Gasteiger partial charge is 0.317 e. The Morgan fingerprint density at radius 3 is 2.84 bits per heavy atom. The molecule has 0 unspecified atom stereocenters. The summed E-state index contributed by atoms with van der Waals surface area (Å²) in [5, 5.41) is 3.51. The molecular formula is C18H16BrFN2O2S. The van der Waals surface area contributed by atoms with Crippen molar-refractivity contribution in [3.63, 3.8) is 0 Å². The zero-order valence-corrected chi connectivity index (χ0v) is 15.8. The Balaban J connectivity index is 1.58. The lowest BCUT2D eigenvalue weighted by Crippen LogP contribution is -2.35. The van der Waals surface area contributed by atoms with Gasteiger partial charge in [0.15, 0.2) is 0 Å². The third kappa shape index (κ3) is 3.35. The van der Waals surface area contributed by atoms with E-state index in [1.54, 1.807) is 12.1 Å². The first kappa shape index (κ1) is 16.7. The number of anilines is 2. The molecule has 1 aromatic carbocycles. The second kappa shape index (κ2) is 6.53. The second-order valence-corrected chi connectivity index (χ2v) is 8.38. The summed E-state index contributed by atoms with van der Waals surface area (Å²) in [6, 6.07) is 6.69. The van der Waals surface area contributed by atoms with Gasteiger partial charge in [-0.3, -0.25) is 9.59 Å². The molecule has 130 valence electrons. The van der Waals surface area contributed by atoms with Crippen LogP contribution in [0.5, 0.6) is 0 Å². The highest BCUT2D eigenvalue weighted by atomic mass is 79.9. The van der Waals surface area contributed by atoms with Crippen molar-refractivity contribution in [1.82, 2.24) is 0 Å². The fourth-order valence-electron chi connectivity index (χ4n) is 3.08. The van der Waals surface area contributed by atoms with Gasteiger partial charge in [0.05, 0.1) is 15.6 Å². The van der Waals surface area contributed by atoms with E-state index < -0.39 is 5.82 Å². The van der Waals surface area contributed by atoms with E-state index in [9.17, 15) is 14.0 Å². The average Bonchev–Trinajstić information content (AvgIpc) is 3.33. The van der Waals surface area contributed by atoms with Crippen LogP contribution >= 0.6 is 27.3 Å². The molecule has 7 heteroatoms. The van der Waals surface area contributed by atoms with E-state index in [0.29, 0.717) is 26.6 Å². The number of fused-ring (bicyclic) bond motifs is 1. The van der Waals surface area contributed by atoms with Crippen LogP contribution in [0.3, 0.4) is 0 Å². The molecule has 1 aliphatic heterocycles. The van der Waals surface area contributed by atoms with Gasteiger partial charge in [0, 0.05) is 16.9 Å². The number of aryl methyl sites for hydroxylation is 1. The molecule has 0 atom stereocenters. The minimum atomic E-state index is -0.392. The lowest BCUT2D eigenvalue weighted by atomic mass is 10.0. The first-order valence-electron chi connectivity index (χ1n) is 8.23. The summed E-state index contributed by atoms with van der Waals surface area (Å²) in [7, 11) is 0. The van der Waals surface area contributed by atoms with Crippen molar-refractivity contribution in [3.8, 4) is 0 Å². The van der Waals surface area contributed by atoms with Gasteiger partial charge in [0.25, 0.3) is 5.91 Å². The van der Waals surface area contributed by atoms with Crippen LogP contribution < -0.4 is 10.2 Å². The lowest BCUT2D eigenvalue weighted by molar-refractivity contribution is -0.117. The molecule has 1 saturated carbocycles. The summed E-state index contributed by atoms with van der Waals surface area (Å²) in [4.78, 5) is 26.7. The van der Waals surface area contributed by atoms with Gasteiger partial charge in [-0.25, -0.2) is 4.39 Å². The second-order valence-electron chi connectivity index (χ2n) is 6.38. The maximum absolute atomic E-state index is 14.5. The molecule has 2 aliphatic rings. The number of amides is 2. The smallest absolute Gasteiger partial charge is 0.268 e. The number of carbonyl (C=O) groups is 2. The Labute approximate surface area is 157 Å². The molecule has 25 heavy (non-hydrogen) atoms. The summed E-state index contributed by atoms with van der Waals surface area (Å²) in [6.45, 7) is 0.492. The molecule has 0 bridgehead atoms. The summed E-state index contributed by atoms with van der Waals surface area (Å²) >= 11 is 4.54. The SMILES string of the molecule is O=C(Nc1ccc(C(=O)N2CCCc3cc(Br)cc(F)c32)s1)C1CC1. The third-order valence-electron chi connectivity index (χ3n) is 4.46. The Kier molecular flexibility index (Phi) is 4.37. The van der Waals surface area contributed by atoms with Crippen molar-refractivity contribution >= 4 is 49.8 Å². The van der Waals surface area contributed by atoms with Crippen LogP contribution in [0.15, 0.2) is 28.7 Å². The van der Waals surface area contributed by atoms with Crippen LogP contribution in [0.1, 0.15) is 34.5 Å². The highest BCUT2D eigenvalue weighted by Gasteiger charge is 2.31. The zero-order valence-electron chi connectivity index (χ0n) is 13.4. The van der Waals surface area contributed by atoms with Gasteiger partial charge in [-0.1, -0.05) is 15.9 Å². The normalized spacial score (nSPS) is 16.5. The zero-order chi connectivity index (χ0) is 17.6. The van der Waals surface area contributed by atoms with Gasteiger partial charge in [-0.15, -0.1) is 11.3 Å². The topological polar surface area (TPSA) is 49.4 Å². The molecule has 1 aromatic heterocycles. The van der Waals surface area contributed by atoms with Gasteiger partial charge < -0.3 is 10.2 Å². The standard InChI is InChI=1S/C18H16BrFN2O2S/c19-12-8-11-2-1-7-22(16(11)13(20)9-12)18(24)14-5-6-15(25-14)21-17(23)10-3-4-10/h5-6,8-10H,1-4,7H2,(H,21,23). The van der Waals surface area contributed by atoms with Crippen molar-refractivity contribution in [1.29, 1.82) is 0 Å².